The lowest BCUT2D eigenvalue weighted by Crippen LogP contribution is -2.14. The topological polar surface area (TPSA) is 161 Å². The lowest BCUT2D eigenvalue weighted by molar-refractivity contribution is -0.162. The lowest BCUT2D eigenvalue weighted by Gasteiger charge is -2.04. The first kappa shape index (κ1) is 23.2. The Morgan fingerprint density at radius 3 is 1.00 bits per heavy atom. The summed E-state index contributed by atoms with van der Waals surface area (Å²) in [6, 6.07) is 0. The molecule has 0 spiro atoms. The van der Waals surface area contributed by atoms with Gasteiger partial charge in [-0.25, -0.2) is 0 Å². The number of hydrogen-bond acceptors (Lipinski definition) is 8. The Kier molecular flexibility index (Phi) is 12.1. The molecule has 0 bridgehead atoms. The van der Waals surface area contributed by atoms with Crippen LogP contribution in [0.1, 0.15) is 64.2 Å². The molecular formula is C16H22O10. The zero-order valence-electron chi connectivity index (χ0n) is 14.2. The standard InChI is InChI=1S/C16H22O10/c17-11(18)5-3-9-15(23)25-13(21)7-1-2-8-14(22)26-16(24)10-4-6-12(19)20/h1-10H2,(H,17,18)(H,19,20). The molecule has 0 aromatic carbocycles. The van der Waals surface area contributed by atoms with Gasteiger partial charge in [0.25, 0.3) is 0 Å². The Labute approximate surface area is 149 Å². The molecule has 0 fully saturated rings. The number of carbonyl (C=O) groups excluding carboxylic acids is 4. The van der Waals surface area contributed by atoms with E-state index in [0.29, 0.717) is 0 Å². The molecule has 10 heteroatoms. The number of esters is 4. The van der Waals surface area contributed by atoms with Gasteiger partial charge in [-0.05, 0) is 25.7 Å². The van der Waals surface area contributed by atoms with Crippen molar-refractivity contribution in [2.45, 2.75) is 64.2 Å². The molecule has 0 aromatic heterocycles. The highest BCUT2D eigenvalue weighted by atomic mass is 16.6. The third kappa shape index (κ3) is 14.8. The SMILES string of the molecule is O=C(O)CCCC(=O)OC(=O)CCCCC(=O)OC(=O)CCCC(=O)O. The van der Waals surface area contributed by atoms with Gasteiger partial charge in [0.2, 0.25) is 0 Å². The van der Waals surface area contributed by atoms with Crippen LogP contribution in [0.2, 0.25) is 0 Å². The van der Waals surface area contributed by atoms with Gasteiger partial charge in [0.1, 0.15) is 0 Å². The van der Waals surface area contributed by atoms with Crippen molar-refractivity contribution in [1.82, 2.24) is 0 Å². The van der Waals surface area contributed by atoms with E-state index >= 15 is 0 Å². The summed E-state index contributed by atoms with van der Waals surface area (Å²) in [5.74, 6) is -5.25. The molecule has 0 aliphatic rings. The molecule has 0 aromatic rings. The van der Waals surface area contributed by atoms with Gasteiger partial charge >= 0.3 is 35.8 Å². The van der Waals surface area contributed by atoms with Crippen molar-refractivity contribution < 1.29 is 48.5 Å². The number of carbonyl (C=O) groups is 6. The van der Waals surface area contributed by atoms with Crippen molar-refractivity contribution >= 4 is 35.8 Å². The van der Waals surface area contributed by atoms with E-state index in [1.165, 1.54) is 0 Å². The second-order valence-corrected chi connectivity index (χ2v) is 5.39. The van der Waals surface area contributed by atoms with Crippen LogP contribution in [0.25, 0.3) is 0 Å². The molecule has 26 heavy (non-hydrogen) atoms. The van der Waals surface area contributed by atoms with E-state index in [-0.39, 0.29) is 64.2 Å². The second-order valence-electron chi connectivity index (χ2n) is 5.39. The van der Waals surface area contributed by atoms with Crippen molar-refractivity contribution in [3.63, 3.8) is 0 Å². The number of carboxylic acid groups (broad SMARTS) is 2. The van der Waals surface area contributed by atoms with Crippen LogP contribution in [0, 0.1) is 0 Å². The minimum atomic E-state index is -1.05. The maximum atomic E-state index is 11.4. The largest absolute Gasteiger partial charge is 0.481 e. The minimum absolute atomic E-state index is 0.0772. The highest BCUT2D eigenvalue weighted by Gasteiger charge is 2.13. The molecule has 0 radical (unpaired) electrons. The van der Waals surface area contributed by atoms with Crippen LogP contribution in [0.4, 0.5) is 0 Å². The minimum Gasteiger partial charge on any atom is -0.481 e. The first-order valence-corrected chi connectivity index (χ1v) is 8.11. The molecule has 0 amide bonds. The number of rotatable bonds is 13. The van der Waals surface area contributed by atoms with Crippen LogP contribution >= 0.6 is 0 Å². The van der Waals surface area contributed by atoms with Crippen molar-refractivity contribution in [2.75, 3.05) is 0 Å². The molecule has 0 aliphatic heterocycles. The van der Waals surface area contributed by atoms with E-state index in [9.17, 15) is 28.8 Å². The number of hydrogen-bond donors (Lipinski definition) is 2. The van der Waals surface area contributed by atoms with E-state index in [0.717, 1.165) is 0 Å². The van der Waals surface area contributed by atoms with Gasteiger partial charge in [-0.2, -0.15) is 0 Å². The highest BCUT2D eigenvalue weighted by Crippen LogP contribution is 2.06. The molecule has 0 saturated heterocycles. The quantitative estimate of drug-likeness (QED) is 0.272. The van der Waals surface area contributed by atoms with E-state index in [2.05, 4.69) is 9.47 Å². The summed E-state index contributed by atoms with van der Waals surface area (Å²) in [6.07, 6.45) is -0.312. The maximum absolute atomic E-state index is 11.4. The Morgan fingerprint density at radius 2 is 0.731 bits per heavy atom. The van der Waals surface area contributed by atoms with Gasteiger partial charge in [0, 0.05) is 38.5 Å². The predicted molar refractivity (Wildman–Crippen MR) is 83.6 cm³/mol. The Morgan fingerprint density at radius 1 is 0.462 bits per heavy atom. The van der Waals surface area contributed by atoms with E-state index in [1.807, 2.05) is 0 Å². The summed E-state index contributed by atoms with van der Waals surface area (Å²) in [5, 5.41) is 16.8. The Bertz CT molecular complexity index is 489. The molecular weight excluding hydrogens is 352 g/mol. The van der Waals surface area contributed by atoms with Crippen LogP contribution in [-0.4, -0.2) is 46.0 Å². The number of ether oxygens (including phenoxy) is 2. The zero-order chi connectivity index (χ0) is 19.9. The van der Waals surface area contributed by atoms with E-state index in [4.69, 9.17) is 10.2 Å². The van der Waals surface area contributed by atoms with Crippen LogP contribution in [-0.2, 0) is 38.2 Å². The molecule has 0 atom stereocenters. The van der Waals surface area contributed by atoms with Crippen LogP contribution < -0.4 is 0 Å². The summed E-state index contributed by atoms with van der Waals surface area (Å²) in [5.41, 5.74) is 0. The van der Waals surface area contributed by atoms with Crippen LogP contribution in [0.3, 0.4) is 0 Å². The number of carboxylic acids is 2. The van der Waals surface area contributed by atoms with Gasteiger partial charge in [-0.1, -0.05) is 0 Å². The molecule has 0 rings (SSSR count). The first-order chi connectivity index (χ1) is 12.2. The highest BCUT2D eigenvalue weighted by molar-refractivity contribution is 5.86. The average Bonchev–Trinajstić information content (AvgIpc) is 2.50. The molecule has 0 aliphatic carbocycles. The van der Waals surface area contributed by atoms with Crippen molar-refractivity contribution in [3.8, 4) is 0 Å². The third-order valence-electron chi connectivity index (χ3n) is 3.01. The van der Waals surface area contributed by atoms with Crippen LogP contribution in [0.15, 0.2) is 0 Å². The van der Waals surface area contributed by atoms with Gasteiger partial charge < -0.3 is 19.7 Å². The fraction of sp³-hybridized carbons (Fsp3) is 0.625. The van der Waals surface area contributed by atoms with Crippen molar-refractivity contribution in [3.05, 3.63) is 0 Å². The molecule has 146 valence electrons. The normalized spacial score (nSPS) is 10.0. The number of unbranched alkanes of at least 4 members (excludes halogenated alkanes) is 1. The zero-order valence-corrected chi connectivity index (χ0v) is 14.2. The smallest absolute Gasteiger partial charge is 0.313 e. The predicted octanol–water partition coefficient (Wildman–Crippen LogP) is 1.20. The Balaban J connectivity index is 3.73. The molecule has 10 nitrogen and oxygen atoms in total. The van der Waals surface area contributed by atoms with Crippen molar-refractivity contribution in [2.24, 2.45) is 0 Å². The monoisotopic (exact) mass is 374 g/mol. The molecule has 2 N–H and O–H groups in total. The van der Waals surface area contributed by atoms with Gasteiger partial charge in [0.05, 0.1) is 0 Å². The molecule has 0 unspecified atom stereocenters. The van der Waals surface area contributed by atoms with Crippen molar-refractivity contribution in [1.29, 1.82) is 0 Å². The van der Waals surface area contributed by atoms with Gasteiger partial charge in [-0.3, -0.25) is 28.8 Å². The van der Waals surface area contributed by atoms with Gasteiger partial charge in [0.15, 0.2) is 0 Å². The fourth-order valence-electron chi connectivity index (χ4n) is 1.76. The summed E-state index contributed by atoms with van der Waals surface area (Å²) >= 11 is 0. The summed E-state index contributed by atoms with van der Waals surface area (Å²) in [6.45, 7) is 0. The summed E-state index contributed by atoms with van der Waals surface area (Å²) in [7, 11) is 0. The van der Waals surface area contributed by atoms with E-state index < -0.39 is 35.8 Å². The summed E-state index contributed by atoms with van der Waals surface area (Å²) in [4.78, 5) is 65.8. The second kappa shape index (κ2) is 13.5. The van der Waals surface area contributed by atoms with E-state index in [1.54, 1.807) is 0 Å². The Hall–Kier alpha value is -2.78. The summed E-state index contributed by atoms with van der Waals surface area (Å²) < 4.78 is 8.96. The molecule has 0 saturated carbocycles. The lowest BCUT2D eigenvalue weighted by atomic mass is 10.2. The van der Waals surface area contributed by atoms with Crippen LogP contribution in [0.5, 0.6) is 0 Å². The molecule has 0 heterocycles. The first-order valence-electron chi connectivity index (χ1n) is 8.11. The number of aliphatic carboxylic acids is 2. The third-order valence-corrected chi connectivity index (χ3v) is 3.01. The maximum Gasteiger partial charge on any atom is 0.313 e. The average molecular weight is 374 g/mol. The van der Waals surface area contributed by atoms with Gasteiger partial charge in [-0.15, -0.1) is 0 Å². The fourth-order valence-corrected chi connectivity index (χ4v) is 1.76.